The molecule has 0 saturated carbocycles. The molecule has 0 radical (unpaired) electrons. The summed E-state index contributed by atoms with van der Waals surface area (Å²) in [6.45, 7) is 2.09. The Morgan fingerprint density at radius 3 is 3.12 bits per heavy atom. The Bertz CT molecular complexity index is 538. The average Bonchev–Trinajstić information content (AvgIpc) is 2.72. The number of benzene rings is 1. The standard InChI is InChI=1S/C11H15N3OS2/c1-2-16-5-6-17(15)11-13-9-4-3-8(12)7-10(9)14-11/h3-4,7H,2,5-6,12H2,1H3,(H,13,14). The number of rotatable bonds is 5. The van der Waals surface area contributed by atoms with Gasteiger partial charge in [0.05, 0.1) is 21.8 Å². The molecular formula is C11H15N3OS2. The first-order valence-electron chi connectivity index (χ1n) is 5.42. The zero-order chi connectivity index (χ0) is 12.3. The van der Waals surface area contributed by atoms with E-state index in [2.05, 4.69) is 16.9 Å². The van der Waals surface area contributed by atoms with Crippen molar-refractivity contribution >= 4 is 39.3 Å². The fourth-order valence-electron chi connectivity index (χ4n) is 1.49. The molecule has 0 saturated heterocycles. The third-order valence-electron chi connectivity index (χ3n) is 2.32. The number of H-pyrrole nitrogens is 1. The highest BCUT2D eigenvalue weighted by atomic mass is 32.2. The highest BCUT2D eigenvalue weighted by Gasteiger charge is 2.09. The van der Waals surface area contributed by atoms with Crippen molar-refractivity contribution in [2.75, 3.05) is 23.0 Å². The van der Waals surface area contributed by atoms with Gasteiger partial charge in [0.15, 0.2) is 5.16 Å². The number of fused-ring (bicyclic) bond motifs is 1. The number of nitrogens with zero attached hydrogens (tertiary/aromatic N) is 1. The van der Waals surface area contributed by atoms with E-state index in [1.807, 2.05) is 12.1 Å². The molecule has 0 bridgehead atoms. The van der Waals surface area contributed by atoms with E-state index in [0.29, 0.717) is 16.6 Å². The first-order valence-corrected chi connectivity index (χ1v) is 7.89. The number of nitrogens with one attached hydrogen (secondary N) is 1. The Labute approximate surface area is 107 Å². The van der Waals surface area contributed by atoms with Crippen molar-refractivity contribution in [3.05, 3.63) is 18.2 Å². The van der Waals surface area contributed by atoms with Gasteiger partial charge >= 0.3 is 0 Å². The number of anilines is 1. The van der Waals surface area contributed by atoms with E-state index in [1.54, 1.807) is 17.8 Å². The molecule has 0 spiro atoms. The molecule has 0 aliphatic rings. The third kappa shape index (κ3) is 3.01. The van der Waals surface area contributed by atoms with Crippen LogP contribution in [0.4, 0.5) is 5.69 Å². The van der Waals surface area contributed by atoms with E-state index in [4.69, 9.17) is 5.73 Å². The third-order valence-corrected chi connectivity index (χ3v) is 4.68. The van der Waals surface area contributed by atoms with Crippen molar-refractivity contribution in [2.24, 2.45) is 0 Å². The van der Waals surface area contributed by atoms with E-state index in [9.17, 15) is 4.21 Å². The summed E-state index contributed by atoms with van der Waals surface area (Å²) >= 11 is 1.79. The van der Waals surface area contributed by atoms with Crippen molar-refractivity contribution in [3.8, 4) is 0 Å². The van der Waals surface area contributed by atoms with Crippen LogP contribution in [0.25, 0.3) is 11.0 Å². The number of hydrogen-bond donors (Lipinski definition) is 2. The van der Waals surface area contributed by atoms with Gasteiger partial charge in [-0.15, -0.1) is 0 Å². The van der Waals surface area contributed by atoms with Gasteiger partial charge < -0.3 is 10.7 Å². The molecule has 6 heteroatoms. The van der Waals surface area contributed by atoms with E-state index in [-0.39, 0.29) is 0 Å². The van der Waals surface area contributed by atoms with Gasteiger partial charge in [-0.3, -0.25) is 4.21 Å². The van der Waals surface area contributed by atoms with Crippen LogP contribution in [0.2, 0.25) is 0 Å². The average molecular weight is 269 g/mol. The van der Waals surface area contributed by atoms with E-state index in [0.717, 1.165) is 22.5 Å². The van der Waals surface area contributed by atoms with Gasteiger partial charge in [-0.2, -0.15) is 11.8 Å². The Balaban J connectivity index is 2.15. The molecule has 4 nitrogen and oxygen atoms in total. The van der Waals surface area contributed by atoms with E-state index in [1.165, 1.54) is 0 Å². The number of nitrogens with two attached hydrogens (primary N) is 1. The van der Waals surface area contributed by atoms with Crippen LogP contribution < -0.4 is 5.73 Å². The largest absolute Gasteiger partial charge is 0.399 e. The maximum absolute atomic E-state index is 11.9. The smallest absolute Gasteiger partial charge is 0.197 e. The number of hydrogen-bond acceptors (Lipinski definition) is 4. The van der Waals surface area contributed by atoms with Crippen LogP contribution in [-0.4, -0.2) is 31.4 Å². The number of aromatic nitrogens is 2. The molecule has 17 heavy (non-hydrogen) atoms. The molecule has 0 aliphatic carbocycles. The maximum Gasteiger partial charge on any atom is 0.197 e. The van der Waals surface area contributed by atoms with Crippen LogP contribution >= 0.6 is 11.8 Å². The fourth-order valence-corrected chi connectivity index (χ4v) is 3.47. The summed E-state index contributed by atoms with van der Waals surface area (Å²) in [5.74, 6) is 2.57. The minimum Gasteiger partial charge on any atom is -0.399 e. The monoisotopic (exact) mass is 269 g/mol. The molecule has 1 heterocycles. The summed E-state index contributed by atoms with van der Waals surface area (Å²) < 4.78 is 11.9. The lowest BCUT2D eigenvalue weighted by Crippen LogP contribution is -2.02. The molecule has 0 fully saturated rings. The number of thioether (sulfide) groups is 1. The van der Waals surface area contributed by atoms with Gasteiger partial charge in [0, 0.05) is 17.2 Å². The second-order valence-corrected chi connectivity index (χ2v) is 6.44. The lowest BCUT2D eigenvalue weighted by Gasteiger charge is -1.96. The SMILES string of the molecule is CCSCCS(=O)c1nc2ccc(N)cc2[nH]1. The molecule has 1 aromatic carbocycles. The quantitative estimate of drug-likeness (QED) is 0.643. The number of aromatic amines is 1. The van der Waals surface area contributed by atoms with Crippen molar-refractivity contribution in [2.45, 2.75) is 12.1 Å². The lowest BCUT2D eigenvalue weighted by atomic mass is 10.3. The highest BCUT2D eigenvalue weighted by molar-refractivity contribution is 8.00. The molecule has 2 aromatic rings. The molecule has 92 valence electrons. The van der Waals surface area contributed by atoms with Crippen molar-refractivity contribution in [1.29, 1.82) is 0 Å². The Kier molecular flexibility index (Phi) is 4.06. The molecule has 1 aromatic heterocycles. The van der Waals surface area contributed by atoms with Crippen LogP contribution in [-0.2, 0) is 10.8 Å². The summed E-state index contributed by atoms with van der Waals surface area (Å²) in [6, 6.07) is 5.44. The second kappa shape index (κ2) is 5.55. The Hall–Kier alpha value is -1.01. The predicted octanol–water partition coefficient (Wildman–Crippen LogP) is 2.01. The topological polar surface area (TPSA) is 71.8 Å². The summed E-state index contributed by atoms with van der Waals surface area (Å²) in [5, 5.41) is 0.544. The first kappa shape index (κ1) is 12.4. The van der Waals surface area contributed by atoms with Crippen LogP contribution in [0.1, 0.15) is 6.92 Å². The molecule has 0 amide bonds. The lowest BCUT2D eigenvalue weighted by molar-refractivity contribution is 0.679. The molecule has 0 aliphatic heterocycles. The van der Waals surface area contributed by atoms with Crippen molar-refractivity contribution in [1.82, 2.24) is 9.97 Å². The Morgan fingerprint density at radius 1 is 1.53 bits per heavy atom. The first-order chi connectivity index (χ1) is 8.20. The zero-order valence-corrected chi connectivity index (χ0v) is 11.2. The summed E-state index contributed by atoms with van der Waals surface area (Å²) in [6.07, 6.45) is 0. The molecular weight excluding hydrogens is 254 g/mol. The molecule has 1 atom stereocenters. The van der Waals surface area contributed by atoms with Crippen LogP contribution in [0, 0.1) is 0 Å². The summed E-state index contributed by atoms with van der Waals surface area (Å²) in [5.41, 5.74) is 8.02. The summed E-state index contributed by atoms with van der Waals surface area (Å²) in [4.78, 5) is 7.37. The van der Waals surface area contributed by atoms with Gasteiger partial charge in [0.1, 0.15) is 0 Å². The van der Waals surface area contributed by atoms with Crippen LogP contribution in [0.3, 0.4) is 0 Å². The molecule has 2 rings (SSSR count). The highest BCUT2D eigenvalue weighted by Crippen LogP contribution is 2.16. The predicted molar refractivity (Wildman–Crippen MR) is 74.8 cm³/mol. The normalized spacial score (nSPS) is 13.0. The maximum atomic E-state index is 11.9. The van der Waals surface area contributed by atoms with Gasteiger partial charge in [-0.1, -0.05) is 6.92 Å². The zero-order valence-electron chi connectivity index (χ0n) is 9.60. The molecule has 3 N–H and O–H groups in total. The minimum absolute atomic E-state index is 0.544. The minimum atomic E-state index is -1.05. The Morgan fingerprint density at radius 2 is 2.35 bits per heavy atom. The van der Waals surface area contributed by atoms with Gasteiger partial charge in [0.25, 0.3) is 0 Å². The number of nitrogen functional groups attached to an aromatic ring is 1. The van der Waals surface area contributed by atoms with Crippen molar-refractivity contribution < 1.29 is 4.21 Å². The molecule has 1 unspecified atom stereocenters. The van der Waals surface area contributed by atoms with E-state index < -0.39 is 10.8 Å². The van der Waals surface area contributed by atoms with Gasteiger partial charge in [-0.25, -0.2) is 4.98 Å². The van der Waals surface area contributed by atoms with Gasteiger partial charge in [-0.05, 0) is 24.0 Å². The van der Waals surface area contributed by atoms with E-state index >= 15 is 0 Å². The number of imidazole rings is 1. The summed E-state index contributed by atoms with van der Waals surface area (Å²) in [7, 11) is -1.05. The second-order valence-electron chi connectivity index (χ2n) is 3.57. The van der Waals surface area contributed by atoms with Crippen LogP contribution in [0.5, 0.6) is 0 Å². The van der Waals surface area contributed by atoms with Crippen molar-refractivity contribution in [3.63, 3.8) is 0 Å². The van der Waals surface area contributed by atoms with Gasteiger partial charge in [0.2, 0.25) is 0 Å². The fraction of sp³-hybridized carbons (Fsp3) is 0.364. The van der Waals surface area contributed by atoms with Crippen LogP contribution in [0.15, 0.2) is 23.4 Å².